The number of benzene rings is 2. The molecule has 1 unspecified atom stereocenters. The normalized spacial score (nSPS) is 14.5. The van der Waals surface area contributed by atoms with E-state index in [0.717, 1.165) is 56.1 Å². The van der Waals surface area contributed by atoms with E-state index < -0.39 is 6.10 Å². The van der Waals surface area contributed by atoms with Crippen LogP contribution in [0.3, 0.4) is 0 Å². The van der Waals surface area contributed by atoms with Gasteiger partial charge in [-0.1, -0.05) is 12.1 Å². The van der Waals surface area contributed by atoms with Gasteiger partial charge in [-0.15, -0.1) is 24.8 Å². The van der Waals surface area contributed by atoms with Crippen LogP contribution in [0.1, 0.15) is 24.5 Å². The summed E-state index contributed by atoms with van der Waals surface area (Å²) in [6.07, 6.45) is 1.00. The minimum Gasteiger partial charge on any atom is -0.495 e. The minimum absolute atomic E-state index is 0. The van der Waals surface area contributed by atoms with Crippen molar-refractivity contribution in [1.82, 2.24) is 4.90 Å². The summed E-state index contributed by atoms with van der Waals surface area (Å²) in [6.45, 7) is 4.89. The standard InChI is InChI=1S/C24H34N2O5.2ClH/c1-28-21-10-6-5-8-19(21)26-14-12-25(13-15-26)11-7-9-20(27)18-16-22(29-2)24(31-4)23(17-18)30-3;;/h5-6,8,10,16-17,20,27H,7,9,11-15H2,1-4H3;2*1H. The van der Waals surface area contributed by atoms with Crippen LogP contribution in [0.4, 0.5) is 5.69 Å². The van der Waals surface area contributed by atoms with Gasteiger partial charge < -0.3 is 29.0 Å². The first kappa shape index (κ1) is 29.0. The van der Waals surface area contributed by atoms with Gasteiger partial charge in [-0.05, 0) is 49.2 Å². The number of aliphatic hydroxyl groups is 1. The average molecular weight is 503 g/mol. The first-order chi connectivity index (χ1) is 15.1. The van der Waals surface area contributed by atoms with Crippen molar-refractivity contribution in [1.29, 1.82) is 0 Å². The third-order valence-corrected chi connectivity index (χ3v) is 5.82. The molecule has 0 aromatic heterocycles. The zero-order valence-corrected chi connectivity index (χ0v) is 21.4. The molecule has 1 aliphatic heterocycles. The van der Waals surface area contributed by atoms with Gasteiger partial charge in [0.25, 0.3) is 0 Å². The highest BCUT2D eigenvalue weighted by molar-refractivity contribution is 5.85. The van der Waals surface area contributed by atoms with Crippen LogP contribution < -0.4 is 23.8 Å². The molecule has 1 atom stereocenters. The number of piperazine rings is 1. The van der Waals surface area contributed by atoms with E-state index in [4.69, 9.17) is 18.9 Å². The van der Waals surface area contributed by atoms with Gasteiger partial charge in [-0.3, -0.25) is 4.90 Å². The summed E-state index contributed by atoms with van der Waals surface area (Å²) in [4.78, 5) is 4.83. The second kappa shape index (κ2) is 14.3. The third kappa shape index (κ3) is 7.21. The highest BCUT2D eigenvalue weighted by atomic mass is 35.5. The lowest BCUT2D eigenvalue weighted by Gasteiger charge is -2.36. The Morgan fingerprint density at radius 1 is 0.818 bits per heavy atom. The van der Waals surface area contributed by atoms with Crippen LogP contribution >= 0.6 is 24.8 Å². The number of methoxy groups -OCH3 is 4. The maximum absolute atomic E-state index is 10.7. The number of aliphatic hydroxyl groups excluding tert-OH is 1. The molecule has 1 N–H and O–H groups in total. The Kier molecular flexibility index (Phi) is 12.5. The largest absolute Gasteiger partial charge is 0.495 e. The molecule has 2 aromatic carbocycles. The number of halogens is 2. The third-order valence-electron chi connectivity index (χ3n) is 5.82. The van der Waals surface area contributed by atoms with Crippen LogP contribution in [0.25, 0.3) is 0 Å². The van der Waals surface area contributed by atoms with Gasteiger partial charge in [0.05, 0.1) is 40.2 Å². The maximum Gasteiger partial charge on any atom is 0.203 e. The molecule has 186 valence electrons. The first-order valence-electron chi connectivity index (χ1n) is 10.7. The molecule has 1 heterocycles. The summed E-state index contributed by atoms with van der Waals surface area (Å²) in [5, 5.41) is 10.7. The highest BCUT2D eigenvalue weighted by Crippen LogP contribution is 2.40. The topological polar surface area (TPSA) is 63.6 Å². The molecule has 9 heteroatoms. The van der Waals surface area contributed by atoms with Gasteiger partial charge in [0, 0.05) is 26.2 Å². The van der Waals surface area contributed by atoms with Crippen LogP contribution in [-0.4, -0.2) is 71.2 Å². The van der Waals surface area contributed by atoms with Gasteiger partial charge >= 0.3 is 0 Å². The van der Waals surface area contributed by atoms with Crippen molar-refractivity contribution in [3.63, 3.8) is 0 Å². The van der Waals surface area contributed by atoms with E-state index in [0.29, 0.717) is 23.7 Å². The molecule has 0 amide bonds. The highest BCUT2D eigenvalue weighted by Gasteiger charge is 2.21. The fourth-order valence-electron chi connectivity index (χ4n) is 4.07. The Balaban J connectivity index is 0.00000272. The summed E-state index contributed by atoms with van der Waals surface area (Å²) in [5.74, 6) is 2.57. The van der Waals surface area contributed by atoms with Crippen molar-refractivity contribution in [2.45, 2.75) is 18.9 Å². The lowest BCUT2D eigenvalue weighted by molar-refractivity contribution is 0.153. The molecule has 33 heavy (non-hydrogen) atoms. The average Bonchev–Trinajstić information content (AvgIpc) is 2.83. The van der Waals surface area contributed by atoms with E-state index in [2.05, 4.69) is 21.9 Å². The number of nitrogens with zero attached hydrogens (tertiary/aromatic N) is 2. The molecule has 0 saturated carbocycles. The fourth-order valence-corrected chi connectivity index (χ4v) is 4.07. The Hall–Kier alpha value is -2.06. The van der Waals surface area contributed by atoms with Crippen molar-refractivity contribution in [2.75, 3.05) is 66.1 Å². The number of para-hydroxylation sites is 2. The van der Waals surface area contributed by atoms with Crippen molar-refractivity contribution >= 4 is 30.5 Å². The van der Waals surface area contributed by atoms with Gasteiger partial charge in [0.2, 0.25) is 5.75 Å². The van der Waals surface area contributed by atoms with E-state index >= 15 is 0 Å². The van der Waals surface area contributed by atoms with Crippen LogP contribution in [-0.2, 0) is 0 Å². The molecular formula is C24H36Cl2N2O5. The van der Waals surface area contributed by atoms with Crippen LogP contribution in [0.15, 0.2) is 36.4 Å². The molecule has 0 radical (unpaired) electrons. The molecule has 3 rings (SSSR count). The summed E-state index contributed by atoms with van der Waals surface area (Å²) in [6, 6.07) is 11.8. The summed E-state index contributed by atoms with van der Waals surface area (Å²) in [7, 11) is 6.45. The molecule has 0 bridgehead atoms. The fraction of sp³-hybridized carbons (Fsp3) is 0.500. The SMILES string of the molecule is COc1ccccc1N1CCN(CCCC(O)c2cc(OC)c(OC)c(OC)c2)CC1.Cl.Cl. The Morgan fingerprint density at radius 2 is 1.39 bits per heavy atom. The number of hydrogen-bond acceptors (Lipinski definition) is 7. The van der Waals surface area contributed by atoms with Crippen molar-refractivity contribution < 1.29 is 24.1 Å². The van der Waals surface area contributed by atoms with Crippen LogP contribution in [0.5, 0.6) is 23.0 Å². The minimum atomic E-state index is -0.580. The zero-order chi connectivity index (χ0) is 22.2. The molecule has 0 aliphatic carbocycles. The first-order valence-corrected chi connectivity index (χ1v) is 10.7. The van der Waals surface area contributed by atoms with Crippen molar-refractivity contribution in [3.05, 3.63) is 42.0 Å². The number of hydrogen-bond donors (Lipinski definition) is 1. The summed E-state index contributed by atoms with van der Waals surface area (Å²) in [5.41, 5.74) is 1.93. The smallest absolute Gasteiger partial charge is 0.203 e. The molecule has 1 saturated heterocycles. The van der Waals surface area contributed by atoms with E-state index in [-0.39, 0.29) is 24.8 Å². The Labute approximate surface area is 209 Å². The molecular weight excluding hydrogens is 467 g/mol. The predicted molar refractivity (Wildman–Crippen MR) is 136 cm³/mol. The van der Waals surface area contributed by atoms with Crippen LogP contribution in [0, 0.1) is 0 Å². The molecule has 2 aromatic rings. The maximum atomic E-state index is 10.7. The van der Waals surface area contributed by atoms with Gasteiger partial charge in [-0.2, -0.15) is 0 Å². The second-order valence-corrected chi connectivity index (χ2v) is 7.62. The molecule has 1 fully saturated rings. The lowest BCUT2D eigenvalue weighted by atomic mass is 10.0. The van der Waals surface area contributed by atoms with Crippen LogP contribution in [0.2, 0.25) is 0 Å². The van der Waals surface area contributed by atoms with E-state index in [1.54, 1.807) is 28.4 Å². The summed E-state index contributed by atoms with van der Waals surface area (Å²) >= 11 is 0. The number of rotatable bonds is 10. The van der Waals surface area contributed by atoms with Gasteiger partial charge in [0.15, 0.2) is 11.5 Å². The van der Waals surface area contributed by atoms with Crippen molar-refractivity contribution in [3.8, 4) is 23.0 Å². The zero-order valence-electron chi connectivity index (χ0n) is 19.8. The van der Waals surface area contributed by atoms with E-state index in [9.17, 15) is 5.11 Å². The van der Waals surface area contributed by atoms with Gasteiger partial charge in [0.1, 0.15) is 5.75 Å². The number of anilines is 1. The lowest BCUT2D eigenvalue weighted by Crippen LogP contribution is -2.46. The number of ether oxygens (including phenoxy) is 4. The molecule has 0 spiro atoms. The predicted octanol–water partition coefficient (Wildman–Crippen LogP) is 4.20. The molecule has 7 nitrogen and oxygen atoms in total. The summed E-state index contributed by atoms with van der Waals surface area (Å²) < 4.78 is 21.6. The Bertz CT molecular complexity index is 822. The van der Waals surface area contributed by atoms with Gasteiger partial charge in [-0.25, -0.2) is 0 Å². The van der Waals surface area contributed by atoms with E-state index in [1.165, 1.54) is 0 Å². The quantitative estimate of drug-likeness (QED) is 0.522. The molecule has 1 aliphatic rings. The van der Waals surface area contributed by atoms with E-state index in [1.807, 2.05) is 24.3 Å². The Morgan fingerprint density at radius 3 is 1.94 bits per heavy atom. The second-order valence-electron chi connectivity index (χ2n) is 7.62. The van der Waals surface area contributed by atoms with Crippen molar-refractivity contribution in [2.24, 2.45) is 0 Å². The monoisotopic (exact) mass is 502 g/mol.